The molecule has 4 heteroatoms. The van der Waals surface area contributed by atoms with Crippen molar-refractivity contribution in [3.63, 3.8) is 0 Å². The molecule has 1 aliphatic rings. The summed E-state index contributed by atoms with van der Waals surface area (Å²) in [7, 11) is 1.60. The molecule has 0 fully saturated rings. The van der Waals surface area contributed by atoms with Gasteiger partial charge in [0.05, 0.1) is 13.7 Å². The quantitative estimate of drug-likeness (QED) is 0.740. The molecular formula is C11H13ClO3. The zero-order chi connectivity index (χ0) is 11.1. The fraction of sp³-hybridized carbons (Fsp3) is 0.455. The predicted octanol–water partition coefficient (Wildman–Crippen LogP) is 2.99. The van der Waals surface area contributed by atoms with E-state index in [1.54, 1.807) is 13.2 Å². The summed E-state index contributed by atoms with van der Waals surface area (Å²) in [5, 5.41) is 0.623. The van der Waals surface area contributed by atoms with E-state index in [2.05, 4.69) is 0 Å². The van der Waals surface area contributed by atoms with Crippen LogP contribution in [0, 0.1) is 0 Å². The van der Waals surface area contributed by atoms with Gasteiger partial charge in [0.2, 0.25) is 5.79 Å². The summed E-state index contributed by atoms with van der Waals surface area (Å²) in [5.41, 5.74) is 0.915. The summed E-state index contributed by atoms with van der Waals surface area (Å²) >= 11 is 5.94. The Morgan fingerprint density at radius 3 is 2.80 bits per heavy atom. The third-order valence-corrected chi connectivity index (χ3v) is 2.46. The lowest BCUT2D eigenvalue weighted by atomic mass is 10.1. The zero-order valence-electron chi connectivity index (χ0n) is 8.96. The Morgan fingerprint density at radius 2 is 2.13 bits per heavy atom. The molecule has 0 bridgehead atoms. The van der Waals surface area contributed by atoms with Gasteiger partial charge in [-0.3, -0.25) is 0 Å². The normalized spacial score (nSPS) is 17.9. The van der Waals surface area contributed by atoms with Crippen molar-refractivity contribution in [1.82, 2.24) is 0 Å². The van der Waals surface area contributed by atoms with Crippen LogP contribution in [0.4, 0.5) is 0 Å². The van der Waals surface area contributed by atoms with E-state index in [1.807, 2.05) is 19.9 Å². The number of benzene rings is 1. The molecule has 1 aromatic carbocycles. The summed E-state index contributed by atoms with van der Waals surface area (Å²) < 4.78 is 16.4. The van der Waals surface area contributed by atoms with Crippen molar-refractivity contribution in [3.05, 3.63) is 22.7 Å². The number of halogens is 1. The van der Waals surface area contributed by atoms with E-state index in [0.29, 0.717) is 17.4 Å². The Kier molecular flexibility index (Phi) is 2.52. The second kappa shape index (κ2) is 3.58. The highest BCUT2D eigenvalue weighted by atomic mass is 35.5. The largest absolute Gasteiger partial charge is 0.493 e. The van der Waals surface area contributed by atoms with Gasteiger partial charge in [0.15, 0.2) is 11.5 Å². The third-order valence-electron chi connectivity index (χ3n) is 2.24. The van der Waals surface area contributed by atoms with Gasteiger partial charge in [-0.05, 0) is 6.07 Å². The standard InChI is InChI=1S/C11H13ClO3/c1-11(2)14-6-7-4-8(12)5-9(13-3)10(7)15-11/h4-5H,6H2,1-3H3. The van der Waals surface area contributed by atoms with E-state index < -0.39 is 5.79 Å². The Hall–Kier alpha value is -0.930. The van der Waals surface area contributed by atoms with Crippen molar-refractivity contribution in [2.24, 2.45) is 0 Å². The van der Waals surface area contributed by atoms with E-state index in [1.165, 1.54) is 0 Å². The Morgan fingerprint density at radius 1 is 1.40 bits per heavy atom. The lowest BCUT2D eigenvalue weighted by molar-refractivity contribution is -0.180. The maximum absolute atomic E-state index is 5.94. The number of fused-ring (bicyclic) bond motifs is 1. The van der Waals surface area contributed by atoms with Crippen molar-refractivity contribution < 1.29 is 14.2 Å². The molecule has 0 atom stereocenters. The molecule has 0 saturated carbocycles. The van der Waals surface area contributed by atoms with Gasteiger partial charge in [0.25, 0.3) is 0 Å². The summed E-state index contributed by atoms with van der Waals surface area (Å²) in [6.45, 7) is 4.22. The van der Waals surface area contributed by atoms with E-state index in [9.17, 15) is 0 Å². The zero-order valence-corrected chi connectivity index (χ0v) is 9.72. The predicted molar refractivity (Wildman–Crippen MR) is 57.5 cm³/mol. The topological polar surface area (TPSA) is 27.7 Å². The molecule has 2 rings (SSSR count). The Bertz CT molecular complexity index is 370. The maximum atomic E-state index is 5.94. The van der Waals surface area contributed by atoms with Gasteiger partial charge >= 0.3 is 0 Å². The molecule has 1 aromatic rings. The van der Waals surface area contributed by atoms with Crippen molar-refractivity contribution in [2.75, 3.05) is 7.11 Å². The highest BCUT2D eigenvalue weighted by Gasteiger charge is 2.29. The van der Waals surface area contributed by atoms with E-state index in [4.69, 9.17) is 25.8 Å². The summed E-state index contributed by atoms with van der Waals surface area (Å²) in [4.78, 5) is 0. The molecule has 82 valence electrons. The van der Waals surface area contributed by atoms with Crippen molar-refractivity contribution in [2.45, 2.75) is 26.2 Å². The van der Waals surface area contributed by atoms with Gasteiger partial charge in [-0.1, -0.05) is 11.6 Å². The summed E-state index contributed by atoms with van der Waals surface area (Å²) in [5.74, 6) is 0.751. The SMILES string of the molecule is COc1cc(Cl)cc2c1OC(C)(C)OC2. The molecule has 0 amide bonds. The first-order chi connectivity index (χ1) is 7.02. The van der Waals surface area contributed by atoms with Crippen LogP contribution < -0.4 is 9.47 Å². The average molecular weight is 229 g/mol. The second-order valence-corrected chi connectivity index (χ2v) is 4.32. The third kappa shape index (κ3) is 2.03. The van der Waals surface area contributed by atoms with E-state index in [-0.39, 0.29) is 0 Å². The molecule has 0 saturated heterocycles. The average Bonchev–Trinajstić information content (AvgIpc) is 2.17. The van der Waals surface area contributed by atoms with Crippen LogP contribution >= 0.6 is 11.6 Å². The lowest BCUT2D eigenvalue weighted by Crippen LogP contribution is -2.35. The van der Waals surface area contributed by atoms with Crippen LogP contribution in [0.3, 0.4) is 0 Å². The maximum Gasteiger partial charge on any atom is 0.205 e. The Labute approximate surface area is 93.9 Å². The first-order valence-corrected chi connectivity index (χ1v) is 5.09. The van der Waals surface area contributed by atoms with Gasteiger partial charge in [-0.25, -0.2) is 0 Å². The van der Waals surface area contributed by atoms with Crippen LogP contribution in [0.1, 0.15) is 19.4 Å². The number of methoxy groups -OCH3 is 1. The van der Waals surface area contributed by atoms with E-state index >= 15 is 0 Å². The van der Waals surface area contributed by atoms with Crippen molar-refractivity contribution >= 4 is 11.6 Å². The minimum absolute atomic E-state index is 0.485. The van der Waals surface area contributed by atoms with E-state index in [0.717, 1.165) is 11.3 Å². The first-order valence-electron chi connectivity index (χ1n) is 4.71. The van der Waals surface area contributed by atoms with Gasteiger partial charge in [0, 0.05) is 30.5 Å². The van der Waals surface area contributed by atoms with Crippen molar-refractivity contribution in [1.29, 1.82) is 0 Å². The molecule has 0 unspecified atom stereocenters. The lowest BCUT2D eigenvalue weighted by Gasteiger charge is -2.33. The molecule has 0 aliphatic carbocycles. The highest BCUT2D eigenvalue weighted by Crippen LogP contribution is 2.40. The molecule has 0 aromatic heterocycles. The summed E-state index contributed by atoms with van der Waals surface area (Å²) in [6.07, 6.45) is 0. The molecule has 0 N–H and O–H groups in total. The highest BCUT2D eigenvalue weighted by molar-refractivity contribution is 6.30. The van der Waals surface area contributed by atoms with Gasteiger partial charge in [0.1, 0.15) is 0 Å². The monoisotopic (exact) mass is 228 g/mol. The molecule has 15 heavy (non-hydrogen) atoms. The summed E-state index contributed by atoms with van der Waals surface area (Å²) in [6, 6.07) is 3.57. The minimum atomic E-state index is -0.617. The fourth-order valence-electron chi connectivity index (χ4n) is 1.52. The molecule has 0 radical (unpaired) electrons. The molecule has 0 spiro atoms. The van der Waals surface area contributed by atoms with Gasteiger partial charge in [-0.15, -0.1) is 0 Å². The molecular weight excluding hydrogens is 216 g/mol. The number of hydrogen-bond acceptors (Lipinski definition) is 3. The number of hydrogen-bond donors (Lipinski definition) is 0. The molecule has 3 nitrogen and oxygen atoms in total. The van der Waals surface area contributed by atoms with Crippen LogP contribution in [0.2, 0.25) is 5.02 Å². The molecule has 1 aliphatic heterocycles. The van der Waals surface area contributed by atoms with Crippen molar-refractivity contribution in [3.8, 4) is 11.5 Å². The van der Waals surface area contributed by atoms with Crippen LogP contribution in [-0.4, -0.2) is 12.9 Å². The van der Waals surface area contributed by atoms with Gasteiger partial charge < -0.3 is 14.2 Å². The van der Waals surface area contributed by atoms with Gasteiger partial charge in [-0.2, -0.15) is 0 Å². The van der Waals surface area contributed by atoms with Crippen LogP contribution in [-0.2, 0) is 11.3 Å². The van der Waals surface area contributed by atoms with Crippen LogP contribution in [0.25, 0.3) is 0 Å². The molecule has 1 heterocycles. The van der Waals surface area contributed by atoms with Crippen LogP contribution in [0.15, 0.2) is 12.1 Å². The first kappa shape index (κ1) is 10.6. The van der Waals surface area contributed by atoms with Crippen LogP contribution in [0.5, 0.6) is 11.5 Å². The fourth-order valence-corrected chi connectivity index (χ4v) is 1.75. The smallest absolute Gasteiger partial charge is 0.205 e. The minimum Gasteiger partial charge on any atom is -0.493 e. The Balaban J connectivity index is 2.48. The number of ether oxygens (including phenoxy) is 3. The second-order valence-electron chi connectivity index (χ2n) is 3.89. The number of rotatable bonds is 1.